The van der Waals surface area contributed by atoms with Crippen LogP contribution in [-0.2, 0) is 6.54 Å². The van der Waals surface area contributed by atoms with Crippen LogP contribution < -0.4 is 16.0 Å². The van der Waals surface area contributed by atoms with E-state index in [-0.39, 0.29) is 23.1 Å². The number of amides is 2. The van der Waals surface area contributed by atoms with Crippen LogP contribution in [0.1, 0.15) is 52.4 Å². The first-order chi connectivity index (χ1) is 14.6. The molecule has 1 fully saturated rings. The Bertz CT molecular complexity index is 1080. The maximum atomic E-state index is 13.1. The van der Waals surface area contributed by atoms with Gasteiger partial charge in [-0.3, -0.25) is 14.3 Å². The fraction of sp³-hybridized carbons (Fsp3) is 0.316. The van der Waals surface area contributed by atoms with Crippen molar-refractivity contribution in [3.05, 3.63) is 48.2 Å². The van der Waals surface area contributed by atoms with Crippen LogP contribution in [0.25, 0.3) is 0 Å². The average Bonchev–Trinajstić information content (AvgIpc) is 3.55. The van der Waals surface area contributed by atoms with Crippen LogP contribution in [0, 0.1) is 0 Å². The topological polar surface area (TPSA) is 140 Å². The Hall–Kier alpha value is -3.89. The molecular weight excluding hydrogens is 386 g/mol. The van der Waals surface area contributed by atoms with Gasteiger partial charge in [0.25, 0.3) is 11.8 Å². The van der Waals surface area contributed by atoms with Crippen LogP contribution >= 0.6 is 0 Å². The fourth-order valence-corrected chi connectivity index (χ4v) is 2.98. The predicted octanol–water partition coefficient (Wildman–Crippen LogP) is 1.72. The Labute approximate surface area is 172 Å². The van der Waals surface area contributed by atoms with Gasteiger partial charge in [0.05, 0.1) is 41.9 Å². The Morgan fingerprint density at radius 3 is 2.57 bits per heavy atom. The van der Waals surface area contributed by atoms with E-state index in [9.17, 15) is 9.59 Å². The maximum absolute atomic E-state index is 13.1. The molecule has 0 radical (unpaired) electrons. The molecule has 154 valence electrons. The van der Waals surface area contributed by atoms with Gasteiger partial charge in [0, 0.05) is 19.5 Å². The summed E-state index contributed by atoms with van der Waals surface area (Å²) in [5.41, 5.74) is 2.03. The highest BCUT2D eigenvalue weighted by molar-refractivity contribution is 6.09. The molecule has 11 heteroatoms. The van der Waals surface area contributed by atoms with E-state index in [0.29, 0.717) is 23.8 Å². The van der Waals surface area contributed by atoms with Gasteiger partial charge in [-0.15, -0.1) is 0 Å². The van der Waals surface area contributed by atoms with Crippen LogP contribution in [0.4, 0.5) is 17.2 Å². The van der Waals surface area contributed by atoms with Crippen molar-refractivity contribution < 1.29 is 9.59 Å². The second-order valence-corrected chi connectivity index (χ2v) is 6.77. The molecule has 1 saturated carbocycles. The third-order valence-electron chi connectivity index (χ3n) is 4.65. The zero-order valence-corrected chi connectivity index (χ0v) is 16.6. The van der Waals surface area contributed by atoms with Crippen molar-refractivity contribution in [3.63, 3.8) is 0 Å². The van der Waals surface area contributed by atoms with Crippen molar-refractivity contribution >= 4 is 29.0 Å². The molecule has 3 aromatic rings. The van der Waals surface area contributed by atoms with Gasteiger partial charge in [-0.2, -0.15) is 5.10 Å². The van der Waals surface area contributed by atoms with E-state index >= 15 is 0 Å². The van der Waals surface area contributed by atoms with E-state index in [1.165, 1.54) is 24.3 Å². The first-order valence-corrected chi connectivity index (χ1v) is 9.59. The molecule has 0 aromatic carbocycles. The van der Waals surface area contributed by atoms with Crippen LogP contribution in [0.5, 0.6) is 0 Å². The molecular formula is C19H21N9O2. The van der Waals surface area contributed by atoms with Crippen molar-refractivity contribution in [2.75, 3.05) is 17.7 Å². The Morgan fingerprint density at radius 1 is 1.13 bits per heavy atom. The van der Waals surface area contributed by atoms with Crippen molar-refractivity contribution in [1.82, 2.24) is 35.0 Å². The SMILES string of the molecule is CCn1ncc(NC(=O)c2nc(C3CC3)cnc2Nc2cncnc2)c1C(=O)NC. The molecule has 4 rings (SSSR count). The van der Waals surface area contributed by atoms with Gasteiger partial charge in [0.15, 0.2) is 11.5 Å². The lowest BCUT2D eigenvalue weighted by molar-refractivity contribution is 0.0953. The number of nitrogens with zero attached hydrogens (tertiary/aromatic N) is 6. The molecule has 0 atom stereocenters. The van der Waals surface area contributed by atoms with Gasteiger partial charge in [-0.25, -0.2) is 19.9 Å². The van der Waals surface area contributed by atoms with Gasteiger partial charge in [0.2, 0.25) is 0 Å². The molecule has 3 heterocycles. The third kappa shape index (κ3) is 3.95. The van der Waals surface area contributed by atoms with Gasteiger partial charge in [-0.05, 0) is 19.8 Å². The van der Waals surface area contributed by atoms with E-state index in [0.717, 1.165) is 18.5 Å². The molecule has 0 spiro atoms. The molecule has 0 bridgehead atoms. The molecule has 0 saturated heterocycles. The molecule has 3 N–H and O–H groups in total. The number of anilines is 3. The zero-order valence-electron chi connectivity index (χ0n) is 16.6. The molecule has 2 amide bonds. The molecule has 30 heavy (non-hydrogen) atoms. The molecule has 1 aliphatic carbocycles. The Morgan fingerprint density at radius 2 is 1.90 bits per heavy atom. The van der Waals surface area contributed by atoms with E-state index in [1.807, 2.05) is 6.92 Å². The lowest BCUT2D eigenvalue weighted by Gasteiger charge is -2.12. The first kappa shape index (κ1) is 19.4. The summed E-state index contributed by atoms with van der Waals surface area (Å²) in [5, 5.41) is 12.5. The van der Waals surface area contributed by atoms with Gasteiger partial charge in [0.1, 0.15) is 12.0 Å². The summed E-state index contributed by atoms with van der Waals surface area (Å²) >= 11 is 0. The largest absolute Gasteiger partial charge is 0.354 e. The van der Waals surface area contributed by atoms with Crippen molar-refractivity contribution in [1.29, 1.82) is 0 Å². The number of rotatable bonds is 7. The molecule has 0 unspecified atom stereocenters. The van der Waals surface area contributed by atoms with Gasteiger partial charge >= 0.3 is 0 Å². The summed E-state index contributed by atoms with van der Waals surface area (Å²) in [6, 6.07) is 0. The normalized spacial score (nSPS) is 13.0. The van der Waals surface area contributed by atoms with E-state index < -0.39 is 5.91 Å². The highest BCUT2D eigenvalue weighted by atomic mass is 16.2. The fourth-order valence-electron chi connectivity index (χ4n) is 2.98. The summed E-state index contributed by atoms with van der Waals surface area (Å²) in [6.07, 6.45) is 9.72. The number of aromatic nitrogens is 6. The number of carbonyl (C=O) groups is 2. The first-order valence-electron chi connectivity index (χ1n) is 9.59. The summed E-state index contributed by atoms with van der Waals surface area (Å²) in [4.78, 5) is 42.3. The van der Waals surface area contributed by atoms with Crippen LogP contribution in [0.3, 0.4) is 0 Å². The Kier molecular flexibility index (Phi) is 5.33. The van der Waals surface area contributed by atoms with E-state index in [4.69, 9.17) is 0 Å². The van der Waals surface area contributed by atoms with Crippen molar-refractivity contribution in [3.8, 4) is 0 Å². The minimum Gasteiger partial charge on any atom is -0.354 e. The highest BCUT2D eigenvalue weighted by Crippen LogP contribution is 2.39. The molecule has 11 nitrogen and oxygen atoms in total. The second-order valence-electron chi connectivity index (χ2n) is 6.77. The summed E-state index contributed by atoms with van der Waals surface area (Å²) in [5.74, 6) is -0.245. The minimum atomic E-state index is -0.495. The molecule has 3 aromatic heterocycles. The third-order valence-corrected chi connectivity index (χ3v) is 4.65. The lowest BCUT2D eigenvalue weighted by atomic mass is 10.2. The second kappa shape index (κ2) is 8.23. The van der Waals surface area contributed by atoms with Crippen molar-refractivity contribution in [2.24, 2.45) is 0 Å². The van der Waals surface area contributed by atoms with E-state index in [1.54, 1.807) is 18.6 Å². The smallest absolute Gasteiger partial charge is 0.278 e. The standard InChI is InChI=1S/C19H21N9O2/c1-3-28-16(19(30)20-2)14(9-24-28)27-18(29)15-17(25-12-6-21-10-22-7-12)23-8-13(26-15)11-4-5-11/h6-11H,3-5H2,1-2H3,(H,20,30)(H,23,25)(H,27,29). The van der Waals surface area contributed by atoms with Crippen LogP contribution in [0.15, 0.2) is 31.1 Å². The van der Waals surface area contributed by atoms with E-state index in [2.05, 4.69) is 41.0 Å². The Balaban J connectivity index is 1.67. The molecule has 0 aliphatic heterocycles. The molecule has 1 aliphatic rings. The number of carbonyl (C=O) groups excluding carboxylic acids is 2. The summed E-state index contributed by atoms with van der Waals surface area (Å²) < 4.78 is 1.52. The average molecular weight is 407 g/mol. The van der Waals surface area contributed by atoms with Crippen molar-refractivity contribution in [2.45, 2.75) is 32.2 Å². The van der Waals surface area contributed by atoms with Crippen LogP contribution in [-0.4, -0.2) is 48.6 Å². The maximum Gasteiger partial charge on any atom is 0.278 e. The number of aryl methyl sites for hydroxylation is 1. The number of hydrogen-bond donors (Lipinski definition) is 3. The summed E-state index contributed by atoms with van der Waals surface area (Å²) in [6.45, 7) is 2.34. The summed E-state index contributed by atoms with van der Waals surface area (Å²) in [7, 11) is 1.52. The van der Waals surface area contributed by atoms with Gasteiger partial charge < -0.3 is 16.0 Å². The monoisotopic (exact) mass is 407 g/mol. The minimum absolute atomic E-state index is 0.121. The predicted molar refractivity (Wildman–Crippen MR) is 109 cm³/mol. The lowest BCUT2D eigenvalue weighted by Crippen LogP contribution is -2.25. The highest BCUT2D eigenvalue weighted by Gasteiger charge is 2.28. The quantitative estimate of drug-likeness (QED) is 0.538. The number of nitrogens with one attached hydrogen (secondary N) is 3. The van der Waals surface area contributed by atoms with Gasteiger partial charge in [-0.1, -0.05) is 0 Å². The number of hydrogen-bond acceptors (Lipinski definition) is 8. The van der Waals surface area contributed by atoms with Crippen LogP contribution in [0.2, 0.25) is 0 Å². The zero-order chi connectivity index (χ0) is 21.1.